The second kappa shape index (κ2) is 18.6. The minimum absolute atomic E-state index is 0.00910. The van der Waals surface area contributed by atoms with Crippen LogP contribution in [-0.2, 0) is 33.3 Å². The van der Waals surface area contributed by atoms with E-state index in [4.69, 9.17) is 35.9 Å². The molecule has 5 N–H and O–H groups in total. The molecule has 0 amide bonds. The minimum atomic E-state index is -1.22. The number of nitrogens with one attached hydrogen (secondary N) is 2. The first-order valence-corrected chi connectivity index (χ1v) is 24.0. The molecule has 13 heteroatoms. The third-order valence-electron chi connectivity index (χ3n) is 16.1. The van der Waals surface area contributed by atoms with E-state index in [1.807, 2.05) is 47.6 Å². The molecular formula is C48H82N2O10S. The van der Waals surface area contributed by atoms with Gasteiger partial charge < -0.3 is 49.6 Å². The summed E-state index contributed by atoms with van der Waals surface area (Å²) in [6, 6.07) is -0.474. The lowest BCUT2D eigenvalue weighted by Gasteiger charge is -2.55. The molecule has 0 saturated carbocycles. The van der Waals surface area contributed by atoms with Gasteiger partial charge in [-0.2, -0.15) is 0 Å². The smallest absolute Gasteiger partial charge is 0.309 e. The fraction of sp³-hybridized carbons (Fsp3) is 0.896. The number of Topliss-reactive ketones (excluding diaryl/α,β-unsaturated/α-hetero) is 1. The Bertz CT molecular complexity index is 1610. The van der Waals surface area contributed by atoms with Crippen LogP contribution >= 0.6 is 12.2 Å². The maximum Gasteiger partial charge on any atom is 0.309 e. The maximum absolute atomic E-state index is 14.8. The van der Waals surface area contributed by atoms with Gasteiger partial charge in [-0.15, -0.1) is 0 Å². The average Bonchev–Trinajstić information content (AvgIpc) is 3.52. The lowest BCUT2D eigenvalue weighted by atomic mass is 9.68. The molecule has 0 radical (unpaired) electrons. The minimum Gasteiger partial charge on any atom is -0.481 e. The van der Waals surface area contributed by atoms with Gasteiger partial charge in [-0.05, 0) is 129 Å². The van der Waals surface area contributed by atoms with Crippen molar-refractivity contribution in [2.24, 2.45) is 41.4 Å². The van der Waals surface area contributed by atoms with Crippen LogP contribution in [0, 0.1) is 41.4 Å². The van der Waals surface area contributed by atoms with Crippen molar-refractivity contribution in [3.05, 3.63) is 12.2 Å². The molecule has 4 fully saturated rings. The summed E-state index contributed by atoms with van der Waals surface area (Å²) in [6.07, 6.45) is 7.55. The summed E-state index contributed by atoms with van der Waals surface area (Å²) in [4.78, 5) is 26.9. The second-order valence-electron chi connectivity index (χ2n) is 21.4. The predicted octanol–water partition coefficient (Wildman–Crippen LogP) is 7.85. The van der Waals surface area contributed by atoms with E-state index in [1.165, 1.54) is 0 Å². The van der Waals surface area contributed by atoms with Crippen molar-refractivity contribution in [3.8, 4) is 0 Å². The zero-order chi connectivity index (χ0) is 45.7. The van der Waals surface area contributed by atoms with Crippen LogP contribution < -0.4 is 10.6 Å². The summed E-state index contributed by atoms with van der Waals surface area (Å²) in [5, 5.41) is 40.6. The van der Waals surface area contributed by atoms with Crippen molar-refractivity contribution in [3.63, 3.8) is 0 Å². The van der Waals surface area contributed by atoms with Gasteiger partial charge in [0.1, 0.15) is 11.8 Å². The molecule has 3 unspecified atom stereocenters. The molecule has 18 atom stereocenters. The van der Waals surface area contributed by atoms with Crippen molar-refractivity contribution in [2.75, 3.05) is 0 Å². The molecule has 2 spiro atoms. The van der Waals surface area contributed by atoms with Crippen molar-refractivity contribution in [1.29, 1.82) is 0 Å². The Morgan fingerprint density at radius 2 is 1.57 bits per heavy atom. The van der Waals surface area contributed by atoms with E-state index in [-0.39, 0.29) is 41.3 Å². The summed E-state index contributed by atoms with van der Waals surface area (Å²) in [7, 11) is 0. The van der Waals surface area contributed by atoms with Crippen LogP contribution in [0.25, 0.3) is 0 Å². The molecule has 5 heterocycles. The van der Waals surface area contributed by atoms with Gasteiger partial charge in [0.15, 0.2) is 16.7 Å². The maximum atomic E-state index is 14.8. The van der Waals surface area contributed by atoms with Crippen LogP contribution in [0.3, 0.4) is 0 Å². The van der Waals surface area contributed by atoms with E-state index in [0.29, 0.717) is 56.5 Å². The number of aliphatic carboxylic acids is 1. The fourth-order valence-corrected chi connectivity index (χ4v) is 11.8. The number of aliphatic hydroxyl groups excluding tert-OH is 1. The number of rotatable bonds is 13. The van der Waals surface area contributed by atoms with Gasteiger partial charge in [0.05, 0.1) is 53.2 Å². The van der Waals surface area contributed by atoms with Crippen LogP contribution in [0.4, 0.5) is 0 Å². The molecule has 0 aliphatic carbocycles. The molecule has 350 valence electrons. The Morgan fingerprint density at radius 1 is 0.918 bits per heavy atom. The van der Waals surface area contributed by atoms with E-state index >= 15 is 0 Å². The Labute approximate surface area is 372 Å². The molecule has 0 bridgehead atoms. The molecule has 5 aliphatic rings. The van der Waals surface area contributed by atoms with Gasteiger partial charge >= 0.3 is 5.97 Å². The van der Waals surface area contributed by atoms with E-state index < -0.39 is 82.4 Å². The Balaban J connectivity index is 1.41. The van der Waals surface area contributed by atoms with Gasteiger partial charge in [0, 0.05) is 35.6 Å². The first-order valence-electron chi connectivity index (χ1n) is 23.6. The van der Waals surface area contributed by atoms with E-state index in [2.05, 4.69) is 65.2 Å². The molecule has 61 heavy (non-hydrogen) atoms. The third-order valence-corrected chi connectivity index (χ3v) is 16.3. The summed E-state index contributed by atoms with van der Waals surface area (Å²) in [6.45, 7) is 28.1. The summed E-state index contributed by atoms with van der Waals surface area (Å²) in [5.41, 5.74) is -2.72. The van der Waals surface area contributed by atoms with Crippen molar-refractivity contribution in [1.82, 2.24) is 10.6 Å². The lowest BCUT2D eigenvalue weighted by molar-refractivity contribution is -0.397. The second-order valence-corrected chi connectivity index (χ2v) is 21.8. The van der Waals surface area contributed by atoms with E-state index in [1.54, 1.807) is 6.92 Å². The Hall–Kier alpha value is -1.71. The first-order chi connectivity index (χ1) is 28.2. The number of carbonyl (C=O) groups excluding carboxylic acids is 1. The zero-order valence-corrected chi connectivity index (χ0v) is 40.7. The Kier molecular flexibility index (Phi) is 15.4. The standard InChI is InChI=1S/C48H82N2O10S/c1-15-33(41(53)54)35-19-18-28(5)45(14,57-35)31(8)38(51)30(7)39(52)34(16-2)40-27(4)26-29(6)47(58-40)23-20-36(49-42(61)50-43(10,11)12)48(60-47)25-24-44(13,59-48)37-21-22-46(55,17-3)32(9)56-37/h20,23,27-38,40,51,55H,15-19,21-22,24-26H2,1-14H3,(H,53,54)(H2,49,50,61)/t27-,28-,29+,30-,31-,32-,33?,34?,35+,36?,37+,38+,40-,44-,45+,46+,47-,48-/m0/s1. The quantitative estimate of drug-likeness (QED) is 0.0899. The molecule has 5 aliphatic heterocycles. The lowest BCUT2D eigenvalue weighted by Crippen LogP contribution is -2.66. The number of thiocarbonyl (C=S) groups is 1. The monoisotopic (exact) mass is 879 g/mol. The highest BCUT2D eigenvalue weighted by atomic mass is 32.1. The fourth-order valence-electron chi connectivity index (χ4n) is 11.4. The average molecular weight is 879 g/mol. The van der Waals surface area contributed by atoms with Gasteiger partial charge in [-0.25, -0.2) is 0 Å². The number of carbonyl (C=O) groups is 2. The largest absolute Gasteiger partial charge is 0.481 e. The number of ketones is 1. The van der Waals surface area contributed by atoms with Crippen LogP contribution in [0.2, 0.25) is 0 Å². The van der Waals surface area contributed by atoms with Crippen LogP contribution in [0.1, 0.15) is 161 Å². The highest BCUT2D eigenvalue weighted by Gasteiger charge is 2.63. The van der Waals surface area contributed by atoms with Crippen LogP contribution in [-0.4, -0.2) is 103 Å². The highest BCUT2D eigenvalue weighted by Crippen LogP contribution is 2.54. The number of aliphatic hydroxyl groups is 2. The molecule has 0 aromatic carbocycles. The highest BCUT2D eigenvalue weighted by molar-refractivity contribution is 7.80. The van der Waals surface area contributed by atoms with Gasteiger partial charge in [0.25, 0.3) is 0 Å². The molecule has 4 saturated heterocycles. The van der Waals surface area contributed by atoms with Crippen LogP contribution in [0.5, 0.6) is 0 Å². The molecule has 0 aromatic heterocycles. The van der Waals surface area contributed by atoms with Crippen molar-refractivity contribution in [2.45, 2.75) is 232 Å². The molecule has 12 nitrogen and oxygen atoms in total. The zero-order valence-electron chi connectivity index (χ0n) is 39.8. The van der Waals surface area contributed by atoms with Gasteiger partial charge in [-0.3, -0.25) is 9.59 Å². The SMILES string of the molecule is CCC(C(=O)[C@@H](C)[C@@H](O)[C@H](C)[C@]1(C)O[C@@H](C(CC)C(=O)O)CC[C@@H]1C)[C@H]1O[C@]2(C=CC(NC(=S)NC(C)(C)C)[C@]3(CC[C@@](C)([C@H]4CC[C@](O)(CC)[C@H](C)O4)O3)O2)[C@H](C)C[C@@H]1C. The number of hydrogen-bond acceptors (Lipinski definition) is 10. The van der Waals surface area contributed by atoms with Crippen molar-refractivity contribution >= 4 is 29.1 Å². The number of carboxylic acid groups (broad SMARTS) is 1. The van der Waals surface area contributed by atoms with E-state index in [0.717, 1.165) is 12.8 Å². The predicted molar refractivity (Wildman–Crippen MR) is 240 cm³/mol. The molecule has 0 aromatic rings. The number of ether oxygens (including phenoxy) is 5. The van der Waals surface area contributed by atoms with E-state index in [9.17, 15) is 24.9 Å². The summed E-state index contributed by atoms with van der Waals surface area (Å²) in [5.74, 6) is -5.75. The normalized spacial score (nSPS) is 43.0. The third kappa shape index (κ3) is 9.94. The van der Waals surface area contributed by atoms with Gasteiger partial charge in [-0.1, -0.05) is 61.5 Å². The summed E-state index contributed by atoms with van der Waals surface area (Å²) >= 11 is 5.83. The first kappa shape index (κ1) is 50.3. The van der Waals surface area contributed by atoms with Crippen molar-refractivity contribution < 1.29 is 48.6 Å². The Morgan fingerprint density at radius 3 is 2.15 bits per heavy atom. The topological polar surface area (TPSA) is 165 Å². The molecular weight excluding hydrogens is 797 g/mol. The molecule has 5 rings (SSSR count). The number of hydrogen-bond donors (Lipinski definition) is 5. The van der Waals surface area contributed by atoms with Gasteiger partial charge in [0.2, 0.25) is 0 Å². The summed E-state index contributed by atoms with van der Waals surface area (Å²) < 4.78 is 35.0. The number of carboxylic acids is 1. The van der Waals surface area contributed by atoms with Crippen LogP contribution in [0.15, 0.2) is 12.2 Å².